The molecule has 0 saturated heterocycles. The molecule has 5 nitrogen and oxygen atoms in total. The summed E-state index contributed by atoms with van der Waals surface area (Å²) in [6.45, 7) is 0. The maximum Gasteiger partial charge on any atom is 0.183 e. The monoisotopic (exact) mass is 217 g/mol. The van der Waals surface area contributed by atoms with E-state index in [0.29, 0.717) is 5.16 Å². The highest BCUT2D eigenvalue weighted by Crippen LogP contribution is 2.25. The second-order valence-corrected chi connectivity index (χ2v) is 5.76. The SMILES string of the molecule is O=S1(=O)C=C[C@H](Sc2ncn[nH]2)C1. The highest BCUT2D eigenvalue weighted by atomic mass is 32.2. The van der Waals surface area contributed by atoms with Crippen molar-refractivity contribution in [2.24, 2.45) is 0 Å². The number of nitrogens with one attached hydrogen (secondary N) is 1. The lowest BCUT2D eigenvalue weighted by Crippen LogP contribution is -2.06. The lowest BCUT2D eigenvalue weighted by atomic mass is 10.5. The van der Waals surface area contributed by atoms with Crippen molar-refractivity contribution in [3.8, 4) is 0 Å². The van der Waals surface area contributed by atoms with Crippen LogP contribution in [0.5, 0.6) is 0 Å². The lowest BCUT2D eigenvalue weighted by molar-refractivity contribution is 0.606. The molecule has 0 fully saturated rings. The maximum atomic E-state index is 11.0. The predicted molar refractivity (Wildman–Crippen MR) is 49.0 cm³/mol. The van der Waals surface area contributed by atoms with Gasteiger partial charge < -0.3 is 0 Å². The zero-order valence-corrected chi connectivity index (χ0v) is 8.18. The number of sulfone groups is 1. The van der Waals surface area contributed by atoms with Crippen molar-refractivity contribution >= 4 is 21.6 Å². The van der Waals surface area contributed by atoms with Crippen LogP contribution in [0.25, 0.3) is 0 Å². The van der Waals surface area contributed by atoms with Crippen LogP contribution in [-0.4, -0.2) is 34.6 Å². The molecular formula is C6H7N3O2S2. The fraction of sp³-hybridized carbons (Fsp3) is 0.333. The first-order valence-corrected chi connectivity index (χ1v) is 6.18. The third-order valence-corrected chi connectivity index (χ3v) is 4.21. The van der Waals surface area contributed by atoms with Crippen LogP contribution in [0.1, 0.15) is 0 Å². The van der Waals surface area contributed by atoms with E-state index in [2.05, 4.69) is 15.2 Å². The topological polar surface area (TPSA) is 75.7 Å². The standard InChI is InChI=1S/C6H7N3O2S2/c10-13(11)2-1-5(3-13)12-6-7-4-8-9-6/h1-2,4-5H,3H2,(H,7,8,9)/t5-/m0/s1. The molecule has 0 aliphatic carbocycles. The van der Waals surface area contributed by atoms with Gasteiger partial charge in [-0.2, -0.15) is 5.10 Å². The Morgan fingerprint density at radius 2 is 2.46 bits per heavy atom. The normalized spacial score (nSPS) is 25.1. The quantitative estimate of drug-likeness (QED) is 0.766. The molecule has 7 heteroatoms. The average Bonchev–Trinajstić information content (AvgIpc) is 2.61. The summed E-state index contributed by atoms with van der Waals surface area (Å²) in [5.41, 5.74) is 0. The first-order valence-electron chi connectivity index (χ1n) is 3.59. The van der Waals surface area contributed by atoms with Crippen molar-refractivity contribution in [3.05, 3.63) is 17.8 Å². The van der Waals surface area contributed by atoms with E-state index in [9.17, 15) is 8.42 Å². The van der Waals surface area contributed by atoms with Gasteiger partial charge in [0.2, 0.25) is 0 Å². The molecule has 0 aromatic carbocycles. The van der Waals surface area contributed by atoms with Crippen molar-refractivity contribution in [1.29, 1.82) is 0 Å². The Labute approximate surface area is 79.6 Å². The first-order chi connectivity index (χ1) is 6.16. The molecule has 0 spiro atoms. The molecule has 0 amide bonds. The van der Waals surface area contributed by atoms with E-state index in [4.69, 9.17) is 0 Å². The fourth-order valence-corrected chi connectivity index (χ4v) is 3.72. The summed E-state index contributed by atoms with van der Waals surface area (Å²) in [6.07, 6.45) is 3.07. The van der Waals surface area contributed by atoms with Gasteiger partial charge in [0, 0.05) is 10.7 Å². The summed E-state index contributed by atoms with van der Waals surface area (Å²) in [6, 6.07) is 0. The second kappa shape index (κ2) is 3.15. The van der Waals surface area contributed by atoms with Crippen molar-refractivity contribution in [1.82, 2.24) is 15.2 Å². The van der Waals surface area contributed by atoms with Crippen molar-refractivity contribution in [2.75, 3.05) is 5.75 Å². The molecule has 1 aromatic heterocycles. The minimum Gasteiger partial charge on any atom is -0.254 e. The van der Waals surface area contributed by atoms with E-state index < -0.39 is 9.84 Å². The highest BCUT2D eigenvalue weighted by Gasteiger charge is 2.23. The van der Waals surface area contributed by atoms with E-state index in [0.717, 1.165) is 0 Å². The van der Waals surface area contributed by atoms with Gasteiger partial charge in [0.15, 0.2) is 15.0 Å². The molecule has 1 aliphatic rings. The summed E-state index contributed by atoms with van der Waals surface area (Å²) >= 11 is 1.37. The van der Waals surface area contributed by atoms with Gasteiger partial charge in [0.1, 0.15) is 6.33 Å². The molecule has 70 valence electrons. The van der Waals surface area contributed by atoms with Gasteiger partial charge in [-0.25, -0.2) is 13.4 Å². The number of rotatable bonds is 2. The van der Waals surface area contributed by atoms with E-state index in [-0.39, 0.29) is 11.0 Å². The van der Waals surface area contributed by atoms with E-state index in [1.807, 2.05) is 0 Å². The molecule has 0 radical (unpaired) electrons. The Bertz CT molecular complexity index is 409. The summed E-state index contributed by atoms with van der Waals surface area (Å²) in [5, 5.41) is 8.19. The minimum atomic E-state index is -2.96. The maximum absolute atomic E-state index is 11.0. The Morgan fingerprint density at radius 3 is 3.00 bits per heavy atom. The van der Waals surface area contributed by atoms with Gasteiger partial charge >= 0.3 is 0 Å². The second-order valence-electron chi connectivity index (χ2n) is 2.60. The molecule has 1 N–H and O–H groups in total. The Morgan fingerprint density at radius 1 is 1.62 bits per heavy atom. The predicted octanol–water partition coefficient (Wildman–Crippen LogP) is 0.207. The number of hydrogen-bond acceptors (Lipinski definition) is 5. The van der Waals surface area contributed by atoms with E-state index in [1.165, 1.54) is 23.5 Å². The third kappa shape index (κ3) is 2.10. The number of H-pyrrole nitrogens is 1. The molecule has 2 rings (SSSR count). The largest absolute Gasteiger partial charge is 0.254 e. The highest BCUT2D eigenvalue weighted by molar-refractivity contribution is 8.02. The molecular weight excluding hydrogens is 210 g/mol. The number of nitrogens with zero attached hydrogens (tertiary/aromatic N) is 2. The third-order valence-electron chi connectivity index (χ3n) is 1.55. The lowest BCUT2D eigenvalue weighted by Gasteiger charge is -2.01. The van der Waals surface area contributed by atoms with Gasteiger partial charge in [-0.1, -0.05) is 17.8 Å². The van der Waals surface area contributed by atoms with Crippen LogP contribution in [0.3, 0.4) is 0 Å². The van der Waals surface area contributed by atoms with Crippen LogP contribution in [-0.2, 0) is 9.84 Å². The van der Waals surface area contributed by atoms with Crippen LogP contribution in [0.4, 0.5) is 0 Å². The van der Waals surface area contributed by atoms with E-state index >= 15 is 0 Å². The number of hydrogen-bond donors (Lipinski definition) is 1. The zero-order chi connectivity index (χ0) is 9.31. The molecule has 0 saturated carbocycles. The van der Waals surface area contributed by atoms with Gasteiger partial charge in [0.05, 0.1) is 5.75 Å². The van der Waals surface area contributed by atoms with Crippen LogP contribution in [0, 0.1) is 0 Å². The molecule has 0 bridgehead atoms. The van der Waals surface area contributed by atoms with Gasteiger partial charge in [0.25, 0.3) is 0 Å². The number of thioether (sulfide) groups is 1. The Balaban J connectivity index is 2.04. The number of aromatic amines is 1. The zero-order valence-electron chi connectivity index (χ0n) is 6.54. The van der Waals surface area contributed by atoms with Gasteiger partial charge in [-0.3, -0.25) is 5.10 Å². The van der Waals surface area contributed by atoms with E-state index in [1.54, 1.807) is 6.08 Å². The smallest absolute Gasteiger partial charge is 0.183 e. The van der Waals surface area contributed by atoms with Crippen LogP contribution >= 0.6 is 11.8 Å². The molecule has 0 unspecified atom stereocenters. The summed E-state index contributed by atoms with van der Waals surface area (Å²) in [5.74, 6) is 0.151. The van der Waals surface area contributed by atoms with Crippen LogP contribution in [0.2, 0.25) is 0 Å². The molecule has 2 heterocycles. The average molecular weight is 217 g/mol. The molecule has 1 aliphatic heterocycles. The Hall–Kier alpha value is -0.820. The van der Waals surface area contributed by atoms with Gasteiger partial charge in [-0.05, 0) is 0 Å². The molecule has 13 heavy (non-hydrogen) atoms. The number of aromatic nitrogens is 3. The van der Waals surface area contributed by atoms with Crippen LogP contribution in [0.15, 0.2) is 23.0 Å². The fourth-order valence-electron chi connectivity index (χ4n) is 1.02. The van der Waals surface area contributed by atoms with Crippen molar-refractivity contribution < 1.29 is 8.42 Å². The van der Waals surface area contributed by atoms with Crippen molar-refractivity contribution in [2.45, 2.75) is 10.4 Å². The summed E-state index contributed by atoms with van der Waals surface area (Å²) < 4.78 is 22.0. The Kier molecular flexibility index (Phi) is 2.12. The summed E-state index contributed by atoms with van der Waals surface area (Å²) in [7, 11) is -2.96. The van der Waals surface area contributed by atoms with Gasteiger partial charge in [-0.15, -0.1) is 0 Å². The minimum absolute atomic E-state index is 0.0436. The van der Waals surface area contributed by atoms with Crippen molar-refractivity contribution in [3.63, 3.8) is 0 Å². The first kappa shape index (κ1) is 8.76. The molecule has 1 atom stereocenters. The summed E-state index contributed by atoms with van der Waals surface area (Å²) in [4.78, 5) is 3.90. The molecule has 1 aromatic rings. The van der Waals surface area contributed by atoms with Crippen LogP contribution < -0.4 is 0 Å².